The molecule has 0 aliphatic carbocycles. The highest BCUT2D eigenvalue weighted by molar-refractivity contribution is 9.11. The fraction of sp³-hybridized carbons (Fsp3) is 0.300. The Kier molecular flexibility index (Phi) is 4.31. The van der Waals surface area contributed by atoms with Crippen molar-refractivity contribution in [1.29, 1.82) is 0 Å². The van der Waals surface area contributed by atoms with Crippen LogP contribution in [0.1, 0.15) is 9.88 Å². The van der Waals surface area contributed by atoms with Crippen LogP contribution in [0.3, 0.4) is 0 Å². The molecule has 0 aliphatic heterocycles. The maximum absolute atomic E-state index is 11.9. The second-order valence-electron chi connectivity index (χ2n) is 3.62. The van der Waals surface area contributed by atoms with E-state index in [0.717, 1.165) is 13.7 Å². The molecule has 0 unspecified atom stereocenters. The summed E-state index contributed by atoms with van der Waals surface area (Å²) < 4.78 is 1.06. The van der Waals surface area contributed by atoms with E-state index in [2.05, 4.69) is 31.4 Å². The van der Waals surface area contributed by atoms with Gasteiger partial charge in [-0.05, 0) is 35.0 Å². The van der Waals surface area contributed by atoms with Gasteiger partial charge in [-0.3, -0.25) is 5.32 Å². The Labute approximate surface area is 121 Å². The van der Waals surface area contributed by atoms with Crippen LogP contribution >= 0.6 is 38.6 Å². The van der Waals surface area contributed by atoms with Crippen molar-refractivity contribution in [3.63, 3.8) is 0 Å². The van der Waals surface area contributed by atoms with Crippen LogP contribution in [-0.2, 0) is 6.54 Å². The fourth-order valence-corrected chi connectivity index (χ4v) is 3.39. The van der Waals surface area contributed by atoms with Crippen LogP contribution in [0.25, 0.3) is 0 Å². The van der Waals surface area contributed by atoms with Crippen molar-refractivity contribution in [3.8, 4) is 0 Å². The zero-order valence-electron chi connectivity index (χ0n) is 9.81. The number of urea groups is 1. The third kappa shape index (κ3) is 3.50. The van der Waals surface area contributed by atoms with Gasteiger partial charge in [-0.25, -0.2) is 4.79 Å². The number of anilines is 1. The molecular weight excluding hydrogens is 336 g/mol. The third-order valence-electron chi connectivity index (χ3n) is 2.11. The number of aryl methyl sites for hydroxylation is 1. The first-order valence-corrected chi connectivity index (χ1v) is 7.53. The molecule has 2 heterocycles. The molecule has 8 heteroatoms. The van der Waals surface area contributed by atoms with Gasteiger partial charge in [0.25, 0.3) is 0 Å². The molecule has 96 valence electrons. The zero-order valence-corrected chi connectivity index (χ0v) is 13.0. The summed E-state index contributed by atoms with van der Waals surface area (Å²) in [4.78, 5) is 14.6. The van der Waals surface area contributed by atoms with Gasteiger partial charge in [-0.1, -0.05) is 11.3 Å². The van der Waals surface area contributed by atoms with Gasteiger partial charge in [0, 0.05) is 11.9 Å². The maximum Gasteiger partial charge on any atom is 0.323 e. The van der Waals surface area contributed by atoms with Crippen molar-refractivity contribution >= 4 is 49.8 Å². The van der Waals surface area contributed by atoms with Crippen molar-refractivity contribution < 1.29 is 4.79 Å². The number of carbonyl (C=O) groups excluding carboxylic acids is 1. The molecule has 0 saturated carbocycles. The predicted octanol–water partition coefficient (Wildman–Crippen LogP) is 3.33. The number of amides is 2. The largest absolute Gasteiger partial charge is 0.323 e. The van der Waals surface area contributed by atoms with Gasteiger partial charge in [0.1, 0.15) is 5.01 Å². The molecule has 2 aromatic rings. The average molecular weight is 347 g/mol. The van der Waals surface area contributed by atoms with E-state index in [1.807, 2.05) is 19.1 Å². The van der Waals surface area contributed by atoms with Gasteiger partial charge < -0.3 is 4.90 Å². The fourth-order valence-electron chi connectivity index (χ4n) is 1.28. The average Bonchev–Trinajstić information content (AvgIpc) is 2.88. The summed E-state index contributed by atoms with van der Waals surface area (Å²) in [7, 11) is 1.75. The van der Waals surface area contributed by atoms with E-state index in [-0.39, 0.29) is 6.03 Å². The quantitative estimate of drug-likeness (QED) is 0.927. The standard InChI is InChI=1S/C10H11BrN4OS2/c1-6-13-14-9(17-6)12-10(16)15(2)5-7-3-4-8(11)18-7/h3-4H,5H2,1-2H3,(H,12,14,16). The summed E-state index contributed by atoms with van der Waals surface area (Å²) in [6.45, 7) is 2.42. The zero-order chi connectivity index (χ0) is 13.1. The Hall–Kier alpha value is -0.990. The van der Waals surface area contributed by atoms with Crippen molar-refractivity contribution in [2.45, 2.75) is 13.5 Å². The van der Waals surface area contributed by atoms with Crippen LogP contribution in [-0.4, -0.2) is 28.2 Å². The highest BCUT2D eigenvalue weighted by Gasteiger charge is 2.12. The van der Waals surface area contributed by atoms with E-state index in [4.69, 9.17) is 0 Å². The van der Waals surface area contributed by atoms with E-state index in [1.165, 1.54) is 11.3 Å². The lowest BCUT2D eigenvalue weighted by Crippen LogP contribution is -2.30. The van der Waals surface area contributed by atoms with Gasteiger partial charge in [-0.2, -0.15) is 0 Å². The van der Waals surface area contributed by atoms with Crippen molar-refractivity contribution in [2.75, 3.05) is 12.4 Å². The van der Waals surface area contributed by atoms with Gasteiger partial charge in [0.05, 0.1) is 10.3 Å². The Morgan fingerprint density at radius 2 is 2.22 bits per heavy atom. The topological polar surface area (TPSA) is 58.1 Å². The monoisotopic (exact) mass is 346 g/mol. The molecule has 0 spiro atoms. The molecule has 18 heavy (non-hydrogen) atoms. The highest BCUT2D eigenvalue weighted by atomic mass is 79.9. The van der Waals surface area contributed by atoms with E-state index < -0.39 is 0 Å². The minimum Gasteiger partial charge on any atom is -0.322 e. The molecule has 2 amide bonds. The molecule has 1 N–H and O–H groups in total. The molecule has 5 nitrogen and oxygen atoms in total. The summed E-state index contributed by atoms with van der Waals surface area (Å²) >= 11 is 6.37. The van der Waals surface area contributed by atoms with E-state index in [0.29, 0.717) is 11.7 Å². The van der Waals surface area contributed by atoms with Crippen molar-refractivity contribution in [2.24, 2.45) is 0 Å². The normalized spacial score (nSPS) is 10.4. The number of hydrogen-bond donors (Lipinski definition) is 1. The lowest BCUT2D eigenvalue weighted by atomic mass is 10.4. The summed E-state index contributed by atoms with van der Waals surface area (Å²) in [6, 6.07) is 3.78. The number of hydrogen-bond acceptors (Lipinski definition) is 5. The minimum atomic E-state index is -0.185. The molecule has 0 saturated heterocycles. The van der Waals surface area contributed by atoms with Crippen molar-refractivity contribution in [3.05, 3.63) is 25.8 Å². The first-order valence-electron chi connectivity index (χ1n) is 5.11. The molecule has 2 aromatic heterocycles. The number of carbonyl (C=O) groups is 1. The molecule has 0 aliphatic rings. The highest BCUT2D eigenvalue weighted by Crippen LogP contribution is 2.23. The van der Waals surface area contributed by atoms with Crippen LogP contribution < -0.4 is 5.32 Å². The number of rotatable bonds is 3. The van der Waals surface area contributed by atoms with Gasteiger partial charge >= 0.3 is 6.03 Å². The second kappa shape index (κ2) is 5.77. The van der Waals surface area contributed by atoms with Gasteiger partial charge in [-0.15, -0.1) is 21.5 Å². The molecule has 0 radical (unpaired) electrons. The molecule has 0 fully saturated rings. The molecule has 0 bridgehead atoms. The number of nitrogens with zero attached hydrogens (tertiary/aromatic N) is 3. The van der Waals surface area contributed by atoms with Crippen molar-refractivity contribution in [1.82, 2.24) is 15.1 Å². The van der Waals surface area contributed by atoms with Crippen LogP contribution in [0, 0.1) is 6.92 Å². The van der Waals surface area contributed by atoms with Crippen LogP contribution in [0.15, 0.2) is 15.9 Å². The van der Waals surface area contributed by atoms with E-state index in [1.54, 1.807) is 23.3 Å². The number of halogens is 1. The Morgan fingerprint density at radius 1 is 1.44 bits per heavy atom. The van der Waals surface area contributed by atoms with Crippen LogP contribution in [0.2, 0.25) is 0 Å². The Balaban J connectivity index is 1.92. The van der Waals surface area contributed by atoms with E-state index >= 15 is 0 Å². The van der Waals surface area contributed by atoms with Crippen LogP contribution in [0.5, 0.6) is 0 Å². The number of aromatic nitrogens is 2. The first-order chi connectivity index (χ1) is 8.54. The smallest absolute Gasteiger partial charge is 0.322 e. The summed E-state index contributed by atoms with van der Waals surface area (Å²) in [5.41, 5.74) is 0. The molecular formula is C10H11BrN4OS2. The Bertz CT molecular complexity index is 554. The summed E-state index contributed by atoms with van der Waals surface area (Å²) in [5, 5.41) is 11.8. The first kappa shape index (κ1) is 13.4. The predicted molar refractivity (Wildman–Crippen MR) is 77.2 cm³/mol. The molecule has 2 rings (SSSR count). The number of thiophene rings is 1. The van der Waals surface area contributed by atoms with E-state index in [9.17, 15) is 4.79 Å². The van der Waals surface area contributed by atoms with Gasteiger partial charge in [0.15, 0.2) is 0 Å². The second-order valence-corrected chi connectivity index (χ2v) is 7.35. The minimum absolute atomic E-state index is 0.185. The summed E-state index contributed by atoms with van der Waals surface area (Å²) in [6.07, 6.45) is 0. The lowest BCUT2D eigenvalue weighted by molar-refractivity contribution is 0.221. The molecule has 0 aromatic carbocycles. The number of nitrogens with one attached hydrogen (secondary N) is 1. The SMILES string of the molecule is Cc1nnc(NC(=O)N(C)Cc2ccc(Br)s2)s1. The maximum atomic E-state index is 11.9. The lowest BCUT2D eigenvalue weighted by Gasteiger charge is -2.15. The van der Waals surface area contributed by atoms with Crippen LogP contribution in [0.4, 0.5) is 9.93 Å². The molecule has 0 atom stereocenters. The summed E-state index contributed by atoms with van der Waals surface area (Å²) in [5.74, 6) is 0. The van der Waals surface area contributed by atoms with Gasteiger partial charge in [0.2, 0.25) is 5.13 Å². The Morgan fingerprint density at radius 3 is 2.78 bits per heavy atom. The third-order valence-corrected chi connectivity index (χ3v) is 4.47.